The van der Waals surface area contributed by atoms with Crippen LogP contribution in [0.1, 0.15) is 24.7 Å². The summed E-state index contributed by atoms with van der Waals surface area (Å²) in [5, 5.41) is 20.4. The Morgan fingerprint density at radius 1 is 1.61 bits per heavy atom. The summed E-state index contributed by atoms with van der Waals surface area (Å²) in [5.41, 5.74) is 0. The minimum absolute atomic E-state index is 0.0408. The number of nitrogens with zero attached hydrogens (tertiary/aromatic N) is 5. The molecule has 2 rings (SSSR count). The largest absolute Gasteiger partial charge is 0.480 e. The Balaban J connectivity index is 1.97. The van der Waals surface area contributed by atoms with Gasteiger partial charge in [0.1, 0.15) is 0 Å². The molecular formula is C10H17N5O3. The van der Waals surface area contributed by atoms with Crippen molar-refractivity contribution < 1.29 is 14.6 Å². The van der Waals surface area contributed by atoms with Crippen molar-refractivity contribution in [2.24, 2.45) is 0 Å². The molecule has 1 saturated carbocycles. The summed E-state index contributed by atoms with van der Waals surface area (Å²) in [6.07, 6.45) is 2.18. The maximum Gasteiger partial charge on any atom is 0.317 e. The van der Waals surface area contributed by atoms with E-state index in [1.165, 1.54) is 0 Å². The van der Waals surface area contributed by atoms with Gasteiger partial charge in [-0.25, -0.2) is 4.68 Å². The van der Waals surface area contributed by atoms with Crippen LogP contribution in [-0.2, 0) is 16.1 Å². The number of aromatic nitrogens is 4. The first kappa shape index (κ1) is 12.9. The van der Waals surface area contributed by atoms with Crippen LogP contribution in [-0.4, -0.2) is 63.0 Å². The van der Waals surface area contributed by atoms with E-state index in [1.54, 1.807) is 16.7 Å². The van der Waals surface area contributed by atoms with Crippen LogP contribution in [0, 0.1) is 0 Å². The second-order valence-corrected chi connectivity index (χ2v) is 4.37. The highest BCUT2D eigenvalue weighted by Gasteiger charge is 2.28. The molecule has 1 fully saturated rings. The first-order valence-corrected chi connectivity index (χ1v) is 5.90. The summed E-state index contributed by atoms with van der Waals surface area (Å²) >= 11 is 0. The lowest BCUT2D eigenvalue weighted by atomic mass is 10.4. The molecule has 8 nitrogen and oxygen atoms in total. The van der Waals surface area contributed by atoms with Crippen LogP contribution in [0.5, 0.6) is 0 Å². The van der Waals surface area contributed by atoms with Crippen LogP contribution in [0.15, 0.2) is 0 Å². The highest BCUT2D eigenvalue weighted by Crippen LogP contribution is 2.34. The molecule has 0 aromatic carbocycles. The van der Waals surface area contributed by atoms with Gasteiger partial charge in [-0.3, -0.25) is 9.69 Å². The normalized spacial score (nSPS) is 15.2. The Hall–Kier alpha value is -1.54. The van der Waals surface area contributed by atoms with Gasteiger partial charge in [-0.2, -0.15) is 0 Å². The van der Waals surface area contributed by atoms with Crippen molar-refractivity contribution in [3.63, 3.8) is 0 Å². The number of ether oxygens (including phenoxy) is 1. The van der Waals surface area contributed by atoms with Crippen LogP contribution in [0.25, 0.3) is 0 Å². The van der Waals surface area contributed by atoms with E-state index in [0.717, 1.165) is 18.7 Å². The molecule has 0 aliphatic heterocycles. The third-order valence-corrected chi connectivity index (χ3v) is 2.79. The first-order chi connectivity index (χ1) is 8.70. The lowest BCUT2D eigenvalue weighted by molar-refractivity contribution is -0.138. The molecular weight excluding hydrogens is 238 g/mol. The van der Waals surface area contributed by atoms with Crippen molar-refractivity contribution in [3.05, 3.63) is 5.82 Å². The van der Waals surface area contributed by atoms with Crippen LogP contribution < -0.4 is 0 Å². The maximum absolute atomic E-state index is 10.8. The van der Waals surface area contributed by atoms with Crippen molar-refractivity contribution >= 4 is 5.97 Å². The van der Waals surface area contributed by atoms with Gasteiger partial charge in [-0.05, 0) is 23.3 Å². The zero-order valence-corrected chi connectivity index (χ0v) is 10.3. The number of aliphatic carboxylic acids is 1. The van der Waals surface area contributed by atoms with E-state index < -0.39 is 5.97 Å². The third kappa shape index (κ3) is 3.47. The van der Waals surface area contributed by atoms with Gasteiger partial charge in [-0.15, -0.1) is 5.10 Å². The number of tetrazole rings is 1. The van der Waals surface area contributed by atoms with E-state index in [4.69, 9.17) is 9.84 Å². The van der Waals surface area contributed by atoms with Gasteiger partial charge < -0.3 is 9.84 Å². The molecule has 0 radical (unpaired) electrons. The molecule has 0 bridgehead atoms. The average Bonchev–Trinajstić information content (AvgIpc) is 3.07. The second kappa shape index (κ2) is 5.87. The fraction of sp³-hybridized carbons (Fsp3) is 0.800. The van der Waals surface area contributed by atoms with Gasteiger partial charge in [0.15, 0.2) is 5.82 Å². The zero-order chi connectivity index (χ0) is 13.0. The Kier molecular flexibility index (Phi) is 4.21. The summed E-state index contributed by atoms with van der Waals surface area (Å²) in [4.78, 5) is 12.6. The maximum atomic E-state index is 10.8. The highest BCUT2D eigenvalue weighted by molar-refractivity contribution is 5.69. The fourth-order valence-electron chi connectivity index (χ4n) is 1.74. The average molecular weight is 255 g/mol. The molecule has 0 amide bonds. The third-order valence-electron chi connectivity index (χ3n) is 2.79. The number of hydrogen-bond acceptors (Lipinski definition) is 6. The van der Waals surface area contributed by atoms with Gasteiger partial charge in [0.2, 0.25) is 0 Å². The van der Waals surface area contributed by atoms with Crippen LogP contribution in [0.2, 0.25) is 0 Å². The number of carboxylic acid groups (broad SMARTS) is 1. The molecule has 8 heteroatoms. The lowest BCUT2D eigenvalue weighted by Gasteiger charge is -2.18. The second-order valence-electron chi connectivity index (χ2n) is 4.37. The minimum atomic E-state index is -0.864. The molecule has 0 atom stereocenters. The Morgan fingerprint density at radius 3 is 3.00 bits per heavy atom. The monoisotopic (exact) mass is 255 g/mol. The molecule has 18 heavy (non-hydrogen) atoms. The molecule has 1 aliphatic rings. The van der Waals surface area contributed by atoms with E-state index in [-0.39, 0.29) is 6.54 Å². The van der Waals surface area contributed by atoms with Gasteiger partial charge in [0.05, 0.1) is 25.7 Å². The SMILES string of the molecule is COCCN(CC(=O)O)Cc1nnnn1C1CC1. The van der Waals surface area contributed by atoms with Crippen molar-refractivity contribution in [1.29, 1.82) is 0 Å². The van der Waals surface area contributed by atoms with Gasteiger partial charge in [0.25, 0.3) is 0 Å². The van der Waals surface area contributed by atoms with E-state index >= 15 is 0 Å². The fourth-order valence-corrected chi connectivity index (χ4v) is 1.74. The number of hydrogen-bond donors (Lipinski definition) is 1. The molecule has 1 aromatic heterocycles. The van der Waals surface area contributed by atoms with Crippen molar-refractivity contribution in [1.82, 2.24) is 25.1 Å². The van der Waals surface area contributed by atoms with Crippen LogP contribution in [0.3, 0.4) is 0 Å². The first-order valence-electron chi connectivity index (χ1n) is 5.90. The quantitative estimate of drug-likeness (QED) is 0.671. The van der Waals surface area contributed by atoms with Crippen LogP contribution >= 0.6 is 0 Å². The number of rotatable bonds is 8. The predicted octanol–water partition coefficient (Wildman–Crippen LogP) is -0.459. The van der Waals surface area contributed by atoms with E-state index in [1.807, 2.05) is 0 Å². The topological polar surface area (TPSA) is 93.4 Å². The van der Waals surface area contributed by atoms with E-state index in [2.05, 4.69) is 15.5 Å². The minimum Gasteiger partial charge on any atom is -0.480 e. The van der Waals surface area contributed by atoms with Gasteiger partial charge in [-0.1, -0.05) is 0 Å². The van der Waals surface area contributed by atoms with E-state index in [9.17, 15) is 4.79 Å². The summed E-state index contributed by atoms with van der Waals surface area (Å²) in [6, 6.07) is 0.393. The zero-order valence-electron chi connectivity index (χ0n) is 10.3. The summed E-state index contributed by atoms with van der Waals surface area (Å²) in [6.45, 7) is 1.42. The van der Waals surface area contributed by atoms with Crippen molar-refractivity contribution in [2.45, 2.75) is 25.4 Å². The predicted molar refractivity (Wildman–Crippen MR) is 60.9 cm³/mol. The van der Waals surface area contributed by atoms with Crippen molar-refractivity contribution in [2.75, 3.05) is 26.8 Å². The number of carbonyl (C=O) groups is 1. The standard InChI is InChI=1S/C10H17N5O3/c1-18-5-4-14(7-10(16)17)6-9-11-12-13-15(9)8-2-3-8/h8H,2-7H2,1H3,(H,16,17). The Morgan fingerprint density at radius 2 is 2.39 bits per heavy atom. The molecule has 0 saturated heterocycles. The Labute approximate surface area is 105 Å². The van der Waals surface area contributed by atoms with Crippen molar-refractivity contribution in [3.8, 4) is 0 Å². The van der Waals surface area contributed by atoms with E-state index in [0.29, 0.717) is 25.7 Å². The molecule has 1 heterocycles. The van der Waals surface area contributed by atoms with Gasteiger partial charge in [0, 0.05) is 13.7 Å². The molecule has 1 aromatic rings. The lowest BCUT2D eigenvalue weighted by Crippen LogP contribution is -2.33. The summed E-state index contributed by atoms with van der Waals surface area (Å²) in [7, 11) is 1.59. The molecule has 1 aliphatic carbocycles. The summed E-state index contributed by atoms with van der Waals surface area (Å²) in [5.74, 6) is -0.147. The summed E-state index contributed by atoms with van der Waals surface area (Å²) < 4.78 is 6.76. The molecule has 0 unspecified atom stereocenters. The molecule has 1 N–H and O–H groups in total. The highest BCUT2D eigenvalue weighted by atomic mass is 16.5. The molecule has 100 valence electrons. The van der Waals surface area contributed by atoms with Gasteiger partial charge >= 0.3 is 5.97 Å². The Bertz CT molecular complexity index is 404. The number of methoxy groups -OCH3 is 1. The smallest absolute Gasteiger partial charge is 0.317 e. The number of carboxylic acids is 1. The molecule has 0 spiro atoms. The van der Waals surface area contributed by atoms with Crippen LogP contribution in [0.4, 0.5) is 0 Å².